The number of carbonyl (C=O) groups is 2. The summed E-state index contributed by atoms with van der Waals surface area (Å²) >= 11 is 0. The van der Waals surface area contributed by atoms with Crippen molar-refractivity contribution in [2.75, 3.05) is 0 Å². The molecule has 2 aliphatic rings. The number of fused-ring (bicyclic) bond motifs is 1. The largest absolute Gasteiger partial charge is 0.414 e. The monoisotopic (exact) mass is 446 g/mol. The fraction of sp³-hybridized carbons (Fsp3) is 0.692. The molecular formula is C26H42O4Si. The minimum Gasteiger partial charge on any atom is -0.414 e. The molecule has 1 aliphatic heterocycles. The van der Waals surface area contributed by atoms with E-state index >= 15 is 0 Å². The predicted molar refractivity (Wildman–Crippen MR) is 130 cm³/mol. The van der Waals surface area contributed by atoms with Gasteiger partial charge < -0.3 is 9.16 Å². The van der Waals surface area contributed by atoms with E-state index in [1.165, 1.54) is 6.08 Å². The Morgan fingerprint density at radius 2 is 1.68 bits per heavy atom. The van der Waals surface area contributed by atoms with E-state index in [1.54, 1.807) is 0 Å². The number of hydrogen-bond donors (Lipinski definition) is 0. The SMILES string of the molecule is CC[Si](CC)(CC)O[C@H]1CC(C)(C)[C@]2(CC(=O)/C(C)=C/C=C/C(C)=C/C=O)O[C@]2(C)C1. The number of epoxide rings is 1. The van der Waals surface area contributed by atoms with Gasteiger partial charge in [-0.15, -0.1) is 0 Å². The van der Waals surface area contributed by atoms with Gasteiger partial charge in [0, 0.05) is 18.9 Å². The van der Waals surface area contributed by atoms with Crippen LogP contribution < -0.4 is 0 Å². The van der Waals surface area contributed by atoms with Crippen LogP contribution in [0.2, 0.25) is 18.1 Å². The maximum atomic E-state index is 13.0. The average Bonchev–Trinajstić information content (AvgIpc) is 3.31. The molecule has 2 fully saturated rings. The quantitative estimate of drug-likeness (QED) is 0.122. The third kappa shape index (κ3) is 5.20. The van der Waals surface area contributed by atoms with Crippen LogP contribution in [0.4, 0.5) is 0 Å². The summed E-state index contributed by atoms with van der Waals surface area (Å²) in [7, 11) is -1.68. The molecule has 31 heavy (non-hydrogen) atoms. The summed E-state index contributed by atoms with van der Waals surface area (Å²) in [4.78, 5) is 23.6. The van der Waals surface area contributed by atoms with Crippen LogP contribution in [0.1, 0.15) is 74.7 Å². The first-order valence-electron chi connectivity index (χ1n) is 11.8. The molecule has 0 spiro atoms. The molecule has 0 aromatic heterocycles. The second-order valence-electron chi connectivity index (χ2n) is 10.3. The van der Waals surface area contributed by atoms with Crippen LogP contribution in [-0.2, 0) is 18.8 Å². The van der Waals surface area contributed by atoms with Gasteiger partial charge in [0.05, 0.1) is 5.60 Å². The highest BCUT2D eigenvalue weighted by Gasteiger charge is 2.76. The van der Waals surface area contributed by atoms with Crippen molar-refractivity contribution in [3.63, 3.8) is 0 Å². The van der Waals surface area contributed by atoms with E-state index in [9.17, 15) is 9.59 Å². The minimum atomic E-state index is -1.68. The Labute approximate surface area is 190 Å². The number of ketones is 1. The summed E-state index contributed by atoms with van der Waals surface area (Å²) < 4.78 is 13.3. The molecule has 1 saturated carbocycles. The zero-order valence-electron chi connectivity index (χ0n) is 20.8. The lowest BCUT2D eigenvalue weighted by molar-refractivity contribution is -0.118. The van der Waals surface area contributed by atoms with Crippen molar-refractivity contribution in [2.24, 2.45) is 5.41 Å². The van der Waals surface area contributed by atoms with E-state index in [2.05, 4.69) is 41.5 Å². The summed E-state index contributed by atoms with van der Waals surface area (Å²) in [6.45, 7) is 17.2. The summed E-state index contributed by atoms with van der Waals surface area (Å²) in [5.41, 5.74) is 0.719. The highest BCUT2D eigenvalue weighted by Crippen LogP contribution is 2.67. The fourth-order valence-electron chi connectivity index (χ4n) is 5.52. The second kappa shape index (κ2) is 9.68. The first-order chi connectivity index (χ1) is 14.4. The van der Waals surface area contributed by atoms with Crippen LogP contribution >= 0.6 is 0 Å². The molecule has 1 saturated heterocycles. The van der Waals surface area contributed by atoms with Gasteiger partial charge in [-0.2, -0.15) is 0 Å². The Kier molecular flexibility index (Phi) is 8.10. The molecule has 0 bridgehead atoms. The second-order valence-corrected chi connectivity index (χ2v) is 15.0. The van der Waals surface area contributed by atoms with E-state index in [-0.39, 0.29) is 22.9 Å². The molecule has 1 heterocycles. The Balaban J connectivity index is 2.13. The molecule has 1 aliphatic carbocycles. The van der Waals surface area contributed by atoms with Crippen LogP contribution in [0.25, 0.3) is 0 Å². The topological polar surface area (TPSA) is 55.9 Å². The first-order valence-corrected chi connectivity index (χ1v) is 14.3. The van der Waals surface area contributed by atoms with E-state index < -0.39 is 13.9 Å². The standard InChI is InChI=1S/C26H42O4Si/c1-9-31(10-2,11-3)29-22-17-24(6,7)26(25(8,18-22)30-26)19-23(28)21(5)14-12-13-20(4)15-16-27/h12-16,22H,9-11,17-19H2,1-8H3/b13-12+,20-15+,21-14+/t22-,25+,26-/m0/s1. The maximum Gasteiger partial charge on any atom is 0.192 e. The number of rotatable bonds is 11. The zero-order valence-corrected chi connectivity index (χ0v) is 21.8. The number of hydrogen-bond acceptors (Lipinski definition) is 4. The average molecular weight is 447 g/mol. The number of carbonyl (C=O) groups excluding carboxylic acids is 2. The van der Waals surface area contributed by atoms with E-state index in [0.717, 1.165) is 42.8 Å². The summed E-state index contributed by atoms with van der Waals surface area (Å²) in [6.07, 6.45) is 10.2. The predicted octanol–water partition coefficient (Wildman–Crippen LogP) is 6.33. The molecule has 3 atom stereocenters. The third-order valence-corrected chi connectivity index (χ3v) is 12.6. The number of Topliss-reactive ketones (excluding diaryl/α,β-unsaturated/α-hetero) is 1. The van der Waals surface area contributed by atoms with Gasteiger partial charge in [-0.25, -0.2) is 0 Å². The molecule has 5 heteroatoms. The van der Waals surface area contributed by atoms with Crippen LogP contribution in [0.3, 0.4) is 0 Å². The van der Waals surface area contributed by atoms with Gasteiger partial charge in [-0.05, 0) is 68.0 Å². The third-order valence-electron chi connectivity index (χ3n) is 7.90. The molecule has 174 valence electrons. The Morgan fingerprint density at radius 1 is 1.06 bits per heavy atom. The van der Waals surface area contributed by atoms with Gasteiger partial charge >= 0.3 is 0 Å². The lowest BCUT2D eigenvalue weighted by atomic mass is 9.61. The van der Waals surface area contributed by atoms with E-state index in [1.807, 2.05) is 32.1 Å². The summed E-state index contributed by atoms with van der Waals surface area (Å²) in [5, 5.41) is 0. The molecule has 0 amide bonds. The van der Waals surface area contributed by atoms with Gasteiger partial charge in [0.2, 0.25) is 0 Å². The molecule has 0 radical (unpaired) electrons. The first kappa shape index (κ1) is 26.0. The van der Waals surface area contributed by atoms with Crippen molar-refractivity contribution in [2.45, 2.75) is 110 Å². The fourth-order valence-corrected chi connectivity index (χ4v) is 8.40. The molecule has 0 aromatic rings. The van der Waals surface area contributed by atoms with Crippen molar-refractivity contribution in [1.82, 2.24) is 0 Å². The molecule has 4 nitrogen and oxygen atoms in total. The van der Waals surface area contributed by atoms with Crippen LogP contribution in [0, 0.1) is 5.41 Å². The minimum absolute atomic E-state index is 0.122. The van der Waals surface area contributed by atoms with Crippen LogP contribution in [-0.4, -0.2) is 37.7 Å². The lowest BCUT2D eigenvalue weighted by Crippen LogP contribution is -2.52. The summed E-state index contributed by atoms with van der Waals surface area (Å²) in [5.74, 6) is 0.122. The van der Waals surface area contributed by atoms with Crippen LogP contribution in [0.5, 0.6) is 0 Å². The van der Waals surface area contributed by atoms with Crippen LogP contribution in [0.15, 0.2) is 35.5 Å². The highest BCUT2D eigenvalue weighted by atomic mass is 28.4. The van der Waals surface area contributed by atoms with Crippen molar-refractivity contribution in [3.8, 4) is 0 Å². The van der Waals surface area contributed by atoms with Gasteiger partial charge in [-0.3, -0.25) is 9.59 Å². The molecular weight excluding hydrogens is 404 g/mol. The number of aldehydes is 1. The van der Waals surface area contributed by atoms with Gasteiger partial charge in [0.15, 0.2) is 14.1 Å². The normalized spacial score (nSPS) is 30.9. The van der Waals surface area contributed by atoms with E-state index in [0.29, 0.717) is 12.0 Å². The maximum absolute atomic E-state index is 13.0. The molecule has 0 unspecified atom stereocenters. The van der Waals surface area contributed by atoms with Gasteiger partial charge in [-0.1, -0.05) is 52.8 Å². The Bertz CT molecular complexity index is 766. The Morgan fingerprint density at radius 3 is 2.19 bits per heavy atom. The molecule has 0 N–H and O–H groups in total. The van der Waals surface area contributed by atoms with Crippen molar-refractivity contribution in [1.29, 1.82) is 0 Å². The smallest absolute Gasteiger partial charge is 0.192 e. The lowest BCUT2D eigenvalue weighted by Gasteiger charge is -2.44. The number of allylic oxidation sites excluding steroid dienone is 6. The van der Waals surface area contributed by atoms with Gasteiger partial charge in [0.25, 0.3) is 0 Å². The molecule has 0 aromatic carbocycles. The van der Waals surface area contributed by atoms with Crippen molar-refractivity contribution < 1.29 is 18.8 Å². The van der Waals surface area contributed by atoms with E-state index in [4.69, 9.17) is 9.16 Å². The van der Waals surface area contributed by atoms with Gasteiger partial charge in [0.1, 0.15) is 11.9 Å². The van der Waals surface area contributed by atoms with Crippen molar-refractivity contribution >= 4 is 20.4 Å². The highest BCUT2D eigenvalue weighted by molar-refractivity contribution is 6.73. The zero-order chi connectivity index (χ0) is 23.5. The Hall–Kier alpha value is -1.30. The summed E-state index contributed by atoms with van der Waals surface area (Å²) in [6, 6.07) is 3.45. The number of ether oxygens (including phenoxy) is 1. The van der Waals surface area contributed by atoms with Crippen molar-refractivity contribution in [3.05, 3.63) is 35.5 Å². The molecule has 2 rings (SSSR count).